The number of halogens is 4. The minimum Gasteiger partial charge on any atom is -0.347 e. The summed E-state index contributed by atoms with van der Waals surface area (Å²) in [6, 6.07) is 8.78. The molecule has 2 aromatic carbocycles. The van der Waals surface area contributed by atoms with Crippen LogP contribution in [0.2, 0.25) is 10.0 Å². The monoisotopic (exact) mass is 483 g/mol. The third-order valence-corrected chi connectivity index (χ3v) is 6.57. The predicted molar refractivity (Wildman–Crippen MR) is 125 cm³/mol. The molecule has 1 atom stereocenters. The van der Waals surface area contributed by atoms with E-state index in [1.807, 2.05) is 18.2 Å². The van der Waals surface area contributed by atoms with Crippen LogP contribution in [0.1, 0.15) is 36.7 Å². The van der Waals surface area contributed by atoms with Crippen molar-refractivity contribution in [2.45, 2.75) is 33.4 Å². The Labute approximate surface area is 198 Å². The lowest BCUT2D eigenvalue weighted by Crippen LogP contribution is -2.54. The van der Waals surface area contributed by atoms with E-state index in [9.17, 15) is 13.6 Å². The molecule has 0 spiro atoms. The van der Waals surface area contributed by atoms with Crippen LogP contribution in [0.15, 0.2) is 36.4 Å². The third-order valence-electron chi connectivity index (χ3n) is 5.83. The Morgan fingerprint density at radius 2 is 1.62 bits per heavy atom. The van der Waals surface area contributed by atoms with E-state index in [4.69, 9.17) is 23.2 Å². The van der Waals surface area contributed by atoms with Crippen molar-refractivity contribution in [3.05, 3.63) is 69.2 Å². The molecule has 3 rings (SSSR count). The Morgan fingerprint density at radius 1 is 0.969 bits per heavy atom. The van der Waals surface area contributed by atoms with Gasteiger partial charge in [0.2, 0.25) is 0 Å². The minimum atomic E-state index is -1.02. The lowest BCUT2D eigenvalue weighted by atomic mass is 9.86. The molecular formula is C24H29Cl2F2N3O. The molecule has 174 valence electrons. The highest BCUT2D eigenvalue weighted by atomic mass is 35.5. The number of hydrogen-bond donors (Lipinski definition) is 1. The lowest BCUT2D eigenvalue weighted by Gasteiger charge is -2.40. The van der Waals surface area contributed by atoms with Gasteiger partial charge in [0.15, 0.2) is 11.6 Å². The Bertz CT molecular complexity index is 957. The predicted octanol–water partition coefficient (Wildman–Crippen LogP) is 5.23. The highest BCUT2D eigenvalue weighted by Crippen LogP contribution is 2.24. The molecule has 2 aromatic rings. The molecule has 0 bridgehead atoms. The lowest BCUT2D eigenvalue weighted by molar-refractivity contribution is 0.0790. The molecule has 1 amide bonds. The van der Waals surface area contributed by atoms with E-state index in [1.54, 1.807) is 0 Å². The van der Waals surface area contributed by atoms with Gasteiger partial charge in [-0.3, -0.25) is 14.6 Å². The smallest absolute Gasteiger partial charge is 0.251 e. The van der Waals surface area contributed by atoms with Crippen molar-refractivity contribution in [1.29, 1.82) is 0 Å². The number of nitrogens with zero attached hydrogens (tertiary/aromatic N) is 2. The molecule has 1 fully saturated rings. The summed E-state index contributed by atoms with van der Waals surface area (Å²) in [7, 11) is 0. The Balaban J connectivity index is 1.56. The molecule has 8 heteroatoms. The molecule has 1 aliphatic heterocycles. The molecule has 1 heterocycles. The van der Waals surface area contributed by atoms with E-state index in [0.717, 1.165) is 50.4 Å². The zero-order chi connectivity index (χ0) is 23.5. The van der Waals surface area contributed by atoms with Crippen molar-refractivity contribution in [2.75, 3.05) is 32.7 Å². The van der Waals surface area contributed by atoms with Crippen molar-refractivity contribution in [3.8, 4) is 0 Å². The van der Waals surface area contributed by atoms with Gasteiger partial charge in [-0.05, 0) is 41.3 Å². The van der Waals surface area contributed by atoms with E-state index in [0.29, 0.717) is 16.6 Å². The standard InChI is InChI=1S/C24H29Cl2F2N3O/c1-24(2,3)22(29-23(32)17-5-7-20(27)21(28)13-17)15-31-10-8-30(9-11-31)14-16-4-6-18(25)19(26)12-16/h4-7,12-13,22H,8-11,14-15H2,1-3H3,(H,29,32). The first-order valence-corrected chi connectivity index (χ1v) is 11.4. The number of carbonyl (C=O) groups excluding carboxylic acids is 1. The summed E-state index contributed by atoms with van der Waals surface area (Å²) in [6.07, 6.45) is 0. The summed E-state index contributed by atoms with van der Waals surface area (Å²) in [5.74, 6) is -2.39. The molecule has 0 aromatic heterocycles. The number of benzene rings is 2. The number of nitrogens with one attached hydrogen (secondary N) is 1. The second kappa shape index (κ2) is 10.5. The Morgan fingerprint density at radius 3 is 2.22 bits per heavy atom. The van der Waals surface area contributed by atoms with Crippen molar-refractivity contribution >= 4 is 29.1 Å². The van der Waals surface area contributed by atoms with E-state index in [2.05, 4.69) is 35.9 Å². The fourth-order valence-electron chi connectivity index (χ4n) is 3.70. The zero-order valence-electron chi connectivity index (χ0n) is 18.6. The SMILES string of the molecule is CC(C)(C)C(CN1CCN(Cc2ccc(Cl)c(Cl)c2)CC1)NC(=O)c1ccc(F)c(F)c1. The second-order valence-corrected chi connectivity index (χ2v) is 10.2. The normalized spacial score (nSPS) is 16.7. The maximum atomic E-state index is 13.5. The van der Waals surface area contributed by atoms with E-state index < -0.39 is 17.5 Å². The van der Waals surface area contributed by atoms with Gasteiger partial charge >= 0.3 is 0 Å². The summed E-state index contributed by atoms with van der Waals surface area (Å²) >= 11 is 12.1. The average Bonchev–Trinajstić information content (AvgIpc) is 2.73. The molecule has 4 nitrogen and oxygen atoms in total. The van der Waals surface area contributed by atoms with Gasteiger partial charge in [-0.15, -0.1) is 0 Å². The summed E-state index contributed by atoms with van der Waals surface area (Å²) < 4.78 is 26.7. The molecule has 32 heavy (non-hydrogen) atoms. The highest BCUT2D eigenvalue weighted by Gasteiger charge is 2.30. The van der Waals surface area contributed by atoms with Gasteiger partial charge in [-0.25, -0.2) is 8.78 Å². The van der Waals surface area contributed by atoms with Crippen LogP contribution in [-0.4, -0.2) is 54.5 Å². The van der Waals surface area contributed by atoms with Crippen molar-refractivity contribution in [2.24, 2.45) is 5.41 Å². The van der Waals surface area contributed by atoms with Crippen LogP contribution >= 0.6 is 23.2 Å². The third kappa shape index (κ3) is 6.64. The largest absolute Gasteiger partial charge is 0.347 e. The molecule has 1 N–H and O–H groups in total. The fourth-order valence-corrected chi connectivity index (χ4v) is 4.02. The van der Waals surface area contributed by atoms with Crippen LogP contribution in [0.3, 0.4) is 0 Å². The maximum absolute atomic E-state index is 13.5. The first kappa shape index (κ1) is 24.9. The van der Waals surface area contributed by atoms with Crippen molar-refractivity contribution < 1.29 is 13.6 Å². The summed E-state index contributed by atoms with van der Waals surface area (Å²) in [5.41, 5.74) is 1.04. The molecule has 0 aliphatic carbocycles. The van der Waals surface area contributed by atoms with E-state index in [-0.39, 0.29) is 17.0 Å². The zero-order valence-corrected chi connectivity index (χ0v) is 20.1. The van der Waals surface area contributed by atoms with E-state index in [1.165, 1.54) is 6.07 Å². The first-order valence-electron chi connectivity index (χ1n) is 10.7. The van der Waals surface area contributed by atoms with Gasteiger partial charge in [-0.2, -0.15) is 0 Å². The molecule has 0 radical (unpaired) electrons. The molecular weight excluding hydrogens is 455 g/mol. The quantitative estimate of drug-likeness (QED) is 0.610. The Kier molecular flexibility index (Phi) is 8.15. The number of carbonyl (C=O) groups is 1. The molecule has 1 unspecified atom stereocenters. The molecule has 1 saturated heterocycles. The van der Waals surface area contributed by atoms with Crippen LogP contribution in [0.25, 0.3) is 0 Å². The van der Waals surface area contributed by atoms with Gasteiger partial charge in [0.05, 0.1) is 10.0 Å². The second-order valence-electron chi connectivity index (χ2n) is 9.35. The average molecular weight is 484 g/mol. The van der Waals surface area contributed by atoms with Crippen LogP contribution in [0.4, 0.5) is 8.78 Å². The Hall–Kier alpha value is -1.73. The summed E-state index contributed by atoms with van der Waals surface area (Å²) in [6.45, 7) is 11.2. The van der Waals surface area contributed by atoms with Gasteiger partial charge in [-0.1, -0.05) is 50.0 Å². The highest BCUT2D eigenvalue weighted by molar-refractivity contribution is 6.42. The molecule has 1 aliphatic rings. The fraction of sp³-hybridized carbons (Fsp3) is 0.458. The van der Waals surface area contributed by atoms with Gasteiger partial charge in [0.25, 0.3) is 5.91 Å². The van der Waals surface area contributed by atoms with Gasteiger partial charge < -0.3 is 5.32 Å². The van der Waals surface area contributed by atoms with Crippen LogP contribution in [0.5, 0.6) is 0 Å². The van der Waals surface area contributed by atoms with Crippen molar-refractivity contribution in [1.82, 2.24) is 15.1 Å². The topological polar surface area (TPSA) is 35.6 Å². The minimum absolute atomic E-state index is 0.115. The number of hydrogen-bond acceptors (Lipinski definition) is 3. The number of amides is 1. The van der Waals surface area contributed by atoms with Gasteiger partial charge in [0, 0.05) is 50.9 Å². The maximum Gasteiger partial charge on any atom is 0.251 e. The van der Waals surface area contributed by atoms with Crippen LogP contribution < -0.4 is 5.32 Å². The summed E-state index contributed by atoms with van der Waals surface area (Å²) in [4.78, 5) is 17.4. The number of rotatable bonds is 6. The van der Waals surface area contributed by atoms with Crippen LogP contribution in [0, 0.1) is 17.0 Å². The van der Waals surface area contributed by atoms with E-state index >= 15 is 0 Å². The number of piperazine rings is 1. The summed E-state index contributed by atoms with van der Waals surface area (Å²) in [5, 5.41) is 4.14. The van der Waals surface area contributed by atoms with Gasteiger partial charge in [0.1, 0.15) is 0 Å². The molecule has 0 saturated carbocycles. The van der Waals surface area contributed by atoms with Crippen molar-refractivity contribution in [3.63, 3.8) is 0 Å². The van der Waals surface area contributed by atoms with Crippen LogP contribution in [-0.2, 0) is 6.54 Å². The first-order chi connectivity index (χ1) is 15.0.